The van der Waals surface area contributed by atoms with Gasteiger partial charge in [0.25, 0.3) is 0 Å². The van der Waals surface area contributed by atoms with Crippen molar-refractivity contribution in [1.29, 1.82) is 0 Å². The topological polar surface area (TPSA) is 34.1 Å². The van der Waals surface area contributed by atoms with Gasteiger partial charge in [-0.3, -0.25) is 0 Å². The molecule has 0 aliphatic carbocycles. The van der Waals surface area contributed by atoms with E-state index < -0.39 is 9.84 Å². The van der Waals surface area contributed by atoms with E-state index in [1.54, 1.807) is 0 Å². The molecule has 0 aliphatic rings. The Bertz CT molecular complexity index is 679. The lowest BCUT2D eigenvalue weighted by atomic mass is 10.4. The van der Waals surface area contributed by atoms with Crippen LogP contribution < -0.4 is 0 Å². The first kappa shape index (κ1) is 13.7. The molecule has 0 fully saturated rings. The molecular formula is C12H7Cl3O2S. The van der Waals surface area contributed by atoms with Crippen LogP contribution in [0.15, 0.2) is 52.3 Å². The zero-order valence-corrected chi connectivity index (χ0v) is 12.0. The third-order valence-corrected chi connectivity index (χ3v) is 5.04. The fourth-order valence-corrected chi connectivity index (χ4v) is 3.56. The Kier molecular flexibility index (Phi) is 3.87. The summed E-state index contributed by atoms with van der Waals surface area (Å²) in [5.74, 6) is 0. The fourth-order valence-electron chi connectivity index (χ4n) is 1.42. The Morgan fingerprint density at radius 3 is 1.94 bits per heavy atom. The summed E-state index contributed by atoms with van der Waals surface area (Å²) in [5.41, 5.74) is 0. The van der Waals surface area contributed by atoms with Gasteiger partial charge in [0.15, 0.2) is 0 Å². The van der Waals surface area contributed by atoms with Gasteiger partial charge in [-0.1, -0.05) is 34.8 Å². The average molecular weight is 322 g/mol. The predicted molar refractivity (Wildman–Crippen MR) is 73.4 cm³/mol. The van der Waals surface area contributed by atoms with Gasteiger partial charge in [-0.15, -0.1) is 0 Å². The molecule has 0 spiro atoms. The first-order valence-corrected chi connectivity index (χ1v) is 7.48. The monoisotopic (exact) mass is 320 g/mol. The third-order valence-electron chi connectivity index (χ3n) is 2.31. The Hall–Kier alpha value is -0.740. The molecule has 18 heavy (non-hydrogen) atoms. The average Bonchev–Trinajstić information content (AvgIpc) is 2.32. The minimum atomic E-state index is -3.68. The summed E-state index contributed by atoms with van der Waals surface area (Å²) in [5, 5.41) is 0.910. The minimum Gasteiger partial charge on any atom is -0.218 e. The van der Waals surface area contributed by atoms with E-state index in [9.17, 15) is 8.42 Å². The second kappa shape index (κ2) is 5.10. The molecule has 6 heteroatoms. The van der Waals surface area contributed by atoms with Gasteiger partial charge in [-0.25, -0.2) is 8.42 Å². The molecule has 0 heterocycles. The molecular weight excluding hydrogens is 315 g/mol. The maximum atomic E-state index is 12.3. The van der Waals surface area contributed by atoms with E-state index in [1.165, 1.54) is 42.5 Å². The highest BCUT2D eigenvalue weighted by molar-refractivity contribution is 7.91. The van der Waals surface area contributed by atoms with E-state index in [0.717, 1.165) is 0 Å². The SMILES string of the molecule is O=S(=O)(c1ccc(Cl)cc1)c1cc(Cl)ccc1Cl. The van der Waals surface area contributed by atoms with E-state index in [0.29, 0.717) is 10.0 Å². The van der Waals surface area contributed by atoms with Crippen LogP contribution in [0.3, 0.4) is 0 Å². The largest absolute Gasteiger partial charge is 0.218 e. The molecule has 0 unspecified atom stereocenters. The lowest BCUT2D eigenvalue weighted by Crippen LogP contribution is -2.02. The fraction of sp³-hybridized carbons (Fsp3) is 0. The molecule has 2 aromatic rings. The predicted octanol–water partition coefficient (Wildman–Crippen LogP) is 4.48. The number of rotatable bonds is 2. The molecule has 0 amide bonds. The van der Waals surface area contributed by atoms with Crippen molar-refractivity contribution in [2.75, 3.05) is 0 Å². The van der Waals surface area contributed by atoms with Gasteiger partial charge in [-0.05, 0) is 42.5 Å². The van der Waals surface area contributed by atoms with Gasteiger partial charge < -0.3 is 0 Å². The lowest BCUT2D eigenvalue weighted by molar-refractivity contribution is 0.596. The van der Waals surface area contributed by atoms with Crippen molar-refractivity contribution in [2.45, 2.75) is 9.79 Å². The van der Waals surface area contributed by atoms with E-state index in [2.05, 4.69) is 0 Å². The summed E-state index contributed by atoms with van der Waals surface area (Å²) >= 11 is 17.4. The van der Waals surface area contributed by atoms with E-state index in [1.807, 2.05) is 0 Å². The zero-order valence-electron chi connectivity index (χ0n) is 8.90. The van der Waals surface area contributed by atoms with Crippen LogP contribution in [0, 0.1) is 0 Å². The molecule has 94 valence electrons. The summed E-state index contributed by atoms with van der Waals surface area (Å²) in [7, 11) is -3.68. The molecule has 2 nitrogen and oxygen atoms in total. The van der Waals surface area contributed by atoms with Crippen LogP contribution in [-0.2, 0) is 9.84 Å². The first-order chi connectivity index (χ1) is 8.41. The molecule has 0 saturated carbocycles. The van der Waals surface area contributed by atoms with Gasteiger partial charge in [0.2, 0.25) is 9.84 Å². The zero-order chi connectivity index (χ0) is 13.3. The van der Waals surface area contributed by atoms with Crippen LogP contribution in [0.1, 0.15) is 0 Å². The van der Waals surface area contributed by atoms with Crippen molar-refractivity contribution in [3.8, 4) is 0 Å². The highest BCUT2D eigenvalue weighted by Crippen LogP contribution is 2.30. The molecule has 0 saturated heterocycles. The van der Waals surface area contributed by atoms with Crippen LogP contribution in [-0.4, -0.2) is 8.42 Å². The van der Waals surface area contributed by atoms with E-state index >= 15 is 0 Å². The molecule has 0 bridgehead atoms. The van der Waals surface area contributed by atoms with Crippen LogP contribution in [0.5, 0.6) is 0 Å². The highest BCUT2D eigenvalue weighted by atomic mass is 35.5. The number of hydrogen-bond donors (Lipinski definition) is 0. The number of halogens is 3. The minimum absolute atomic E-state index is 0.0148. The summed E-state index contributed by atoms with van der Waals surface area (Å²) in [4.78, 5) is 0.107. The molecule has 2 rings (SSSR count). The second-order valence-electron chi connectivity index (χ2n) is 3.53. The Labute approximate surface area is 120 Å². The molecule has 0 aromatic heterocycles. The molecule has 0 radical (unpaired) electrons. The standard InChI is InChI=1S/C12H7Cl3O2S/c13-8-1-4-10(5-2-8)18(16,17)12-7-9(14)3-6-11(12)15/h1-7H. The van der Waals surface area contributed by atoms with Crippen molar-refractivity contribution in [1.82, 2.24) is 0 Å². The van der Waals surface area contributed by atoms with Crippen LogP contribution in [0.25, 0.3) is 0 Å². The van der Waals surface area contributed by atoms with Crippen LogP contribution in [0.4, 0.5) is 0 Å². The van der Waals surface area contributed by atoms with Gasteiger partial charge in [0.1, 0.15) is 0 Å². The van der Waals surface area contributed by atoms with Crippen LogP contribution >= 0.6 is 34.8 Å². The van der Waals surface area contributed by atoms with E-state index in [-0.39, 0.29) is 14.8 Å². The normalized spacial score (nSPS) is 11.5. The van der Waals surface area contributed by atoms with Crippen molar-refractivity contribution >= 4 is 44.6 Å². The Morgan fingerprint density at radius 2 is 1.33 bits per heavy atom. The lowest BCUT2D eigenvalue weighted by Gasteiger charge is -2.07. The second-order valence-corrected chi connectivity index (χ2v) is 6.73. The van der Waals surface area contributed by atoms with Crippen molar-refractivity contribution in [3.05, 3.63) is 57.5 Å². The molecule has 0 atom stereocenters. The molecule has 0 aliphatic heterocycles. The number of sulfone groups is 1. The first-order valence-electron chi connectivity index (χ1n) is 4.87. The summed E-state index contributed by atoms with van der Waals surface area (Å²) < 4.78 is 24.7. The van der Waals surface area contributed by atoms with Crippen molar-refractivity contribution in [2.24, 2.45) is 0 Å². The van der Waals surface area contributed by atoms with Crippen LogP contribution in [0.2, 0.25) is 15.1 Å². The summed E-state index contributed by atoms with van der Waals surface area (Å²) in [6.45, 7) is 0. The van der Waals surface area contributed by atoms with Gasteiger partial charge >= 0.3 is 0 Å². The maximum Gasteiger partial charge on any atom is 0.208 e. The number of benzene rings is 2. The van der Waals surface area contributed by atoms with Crippen molar-refractivity contribution < 1.29 is 8.42 Å². The smallest absolute Gasteiger partial charge is 0.208 e. The highest BCUT2D eigenvalue weighted by Gasteiger charge is 2.21. The van der Waals surface area contributed by atoms with Gasteiger partial charge in [0, 0.05) is 10.0 Å². The molecule has 0 N–H and O–H groups in total. The Morgan fingerprint density at radius 1 is 0.778 bits per heavy atom. The maximum absolute atomic E-state index is 12.3. The summed E-state index contributed by atoms with van der Waals surface area (Å²) in [6.07, 6.45) is 0. The van der Waals surface area contributed by atoms with E-state index in [4.69, 9.17) is 34.8 Å². The van der Waals surface area contributed by atoms with Gasteiger partial charge in [-0.2, -0.15) is 0 Å². The van der Waals surface area contributed by atoms with Crippen molar-refractivity contribution in [3.63, 3.8) is 0 Å². The third kappa shape index (κ3) is 2.64. The van der Waals surface area contributed by atoms with Gasteiger partial charge in [0.05, 0.1) is 14.8 Å². The quantitative estimate of drug-likeness (QED) is 0.817. The Balaban J connectivity index is 2.61. The molecule has 2 aromatic carbocycles. The summed E-state index contributed by atoms with van der Waals surface area (Å²) in [6, 6.07) is 10.2. The number of hydrogen-bond acceptors (Lipinski definition) is 2.